The molecule has 2 aromatic carbocycles. The highest BCUT2D eigenvalue weighted by molar-refractivity contribution is 7.19. The number of nitrogens with one attached hydrogen (secondary N) is 1. The van der Waals surface area contributed by atoms with Gasteiger partial charge in [0.2, 0.25) is 11.7 Å². The van der Waals surface area contributed by atoms with Crippen LogP contribution >= 0.6 is 22.7 Å². The van der Waals surface area contributed by atoms with Gasteiger partial charge in [-0.15, -0.1) is 37.9 Å². The van der Waals surface area contributed by atoms with Crippen LogP contribution in [-0.4, -0.2) is 78.1 Å². The van der Waals surface area contributed by atoms with E-state index in [9.17, 15) is 19.9 Å². The van der Waals surface area contributed by atoms with Crippen LogP contribution in [0.2, 0.25) is 0 Å². The molecule has 1 amide bonds. The number of carbonyl (C=O) groups excluding carboxylic acids is 1. The Hall–Kier alpha value is -5.25. The number of hydrogen-bond donors (Lipinski definition) is 3. The number of amides is 1. The van der Waals surface area contributed by atoms with E-state index in [0.29, 0.717) is 34.7 Å². The normalized spacial score (nSPS) is 19.8. The van der Waals surface area contributed by atoms with Crippen molar-refractivity contribution in [2.45, 2.75) is 95.9 Å². The molecule has 15 heteroatoms. The number of aromatic hydroxyl groups is 1. The van der Waals surface area contributed by atoms with Gasteiger partial charge < -0.3 is 25.0 Å². The molecule has 0 radical (unpaired) electrons. The van der Waals surface area contributed by atoms with Crippen LogP contribution in [0.1, 0.15) is 104 Å². The number of phenolic OH excluding ortho intramolecular Hbond substituents is 1. The first-order valence-electron chi connectivity index (χ1n) is 20.6. The number of nitroso groups, excluding NO2 is 1. The smallest absolute Gasteiger partial charge is 0.296 e. The molecule has 2 aliphatic heterocycles. The van der Waals surface area contributed by atoms with Crippen LogP contribution in [0.15, 0.2) is 70.7 Å². The van der Waals surface area contributed by atoms with E-state index in [2.05, 4.69) is 36.6 Å². The predicted molar refractivity (Wildman–Crippen MR) is 228 cm³/mol. The summed E-state index contributed by atoms with van der Waals surface area (Å²) in [5.74, 6) is 1.73. The maximum absolute atomic E-state index is 14.3. The molecule has 0 spiro atoms. The fourth-order valence-corrected chi connectivity index (χ4v) is 11.0. The van der Waals surface area contributed by atoms with E-state index in [0.717, 1.165) is 62.7 Å². The number of aromatic nitrogens is 4. The number of piperidine rings is 1. The molecule has 6 heterocycles. The maximum atomic E-state index is 14.3. The largest absolute Gasteiger partial charge is 0.507 e. The van der Waals surface area contributed by atoms with Crippen molar-refractivity contribution >= 4 is 44.6 Å². The van der Waals surface area contributed by atoms with Gasteiger partial charge in [-0.05, 0) is 86.3 Å². The van der Waals surface area contributed by atoms with Gasteiger partial charge in [-0.25, -0.2) is 4.98 Å². The van der Waals surface area contributed by atoms with Gasteiger partial charge in [0.25, 0.3) is 6.04 Å². The molecule has 3 N–H and O–H groups in total. The third-order valence-electron chi connectivity index (χ3n) is 12.1. The van der Waals surface area contributed by atoms with E-state index < -0.39 is 18.2 Å². The molecule has 4 aromatic heterocycles. The highest BCUT2D eigenvalue weighted by Crippen LogP contribution is 2.51. The third kappa shape index (κ3) is 7.71. The lowest BCUT2D eigenvalue weighted by atomic mass is 9.90. The number of benzene rings is 2. The van der Waals surface area contributed by atoms with Crippen molar-refractivity contribution in [3.8, 4) is 27.4 Å². The van der Waals surface area contributed by atoms with Crippen molar-refractivity contribution in [3.05, 3.63) is 98.5 Å². The molecular weight excluding hydrogens is 785 g/mol. The van der Waals surface area contributed by atoms with Crippen molar-refractivity contribution in [2.24, 2.45) is 5.92 Å². The number of aliphatic hydroxyl groups excluding tert-OH is 1. The highest BCUT2D eigenvalue weighted by Gasteiger charge is 2.50. The first-order valence-corrected chi connectivity index (χ1v) is 22.2. The van der Waals surface area contributed by atoms with Gasteiger partial charge in [-0.3, -0.25) is 4.79 Å². The Morgan fingerprint density at radius 2 is 1.76 bits per heavy atom. The number of thiophene rings is 1. The monoisotopic (exact) mass is 833 g/mol. The molecule has 306 valence electrons. The van der Waals surface area contributed by atoms with Crippen molar-refractivity contribution in [1.82, 2.24) is 30.7 Å². The zero-order valence-electron chi connectivity index (χ0n) is 33.6. The van der Waals surface area contributed by atoms with Crippen LogP contribution in [0.4, 0.5) is 5.82 Å². The van der Waals surface area contributed by atoms with Gasteiger partial charge in [0.05, 0.1) is 38.8 Å². The number of carbonyl (C=O) groups is 1. The molecular formula is C44H49N8O5S2+. The maximum Gasteiger partial charge on any atom is 0.296 e. The Morgan fingerprint density at radius 1 is 1.00 bits per heavy atom. The molecule has 4 atom stereocenters. The number of aliphatic hydroxyl groups is 1. The van der Waals surface area contributed by atoms with E-state index >= 15 is 0 Å². The van der Waals surface area contributed by atoms with Gasteiger partial charge in [-0.2, -0.15) is 0 Å². The molecule has 13 nitrogen and oxygen atoms in total. The Bertz CT molecular complexity index is 2490. The minimum atomic E-state index is -0.843. The minimum absolute atomic E-state index is 0.0405. The Labute approximate surface area is 350 Å². The molecule has 1 aliphatic carbocycles. The third-order valence-corrected chi connectivity index (χ3v) is 14.4. The topological polar surface area (TPSA) is 161 Å². The van der Waals surface area contributed by atoms with Crippen LogP contribution in [0.25, 0.3) is 31.9 Å². The number of nitrogens with zero attached hydrogens (tertiary/aromatic N) is 7. The number of hydrazine groups is 1. The lowest BCUT2D eigenvalue weighted by molar-refractivity contribution is -0.748. The molecule has 0 unspecified atom stereocenters. The number of β-amino-alcohol motifs (C(OH)–C–C–N with tert-alkyl or cyclic N) is 1. The van der Waals surface area contributed by atoms with Gasteiger partial charge in [0.15, 0.2) is 11.9 Å². The fourth-order valence-electron chi connectivity index (χ4n) is 8.80. The van der Waals surface area contributed by atoms with Crippen molar-refractivity contribution < 1.29 is 24.4 Å². The molecule has 1 saturated carbocycles. The van der Waals surface area contributed by atoms with Crippen molar-refractivity contribution in [3.63, 3.8) is 0 Å². The fraction of sp³-hybridized carbons (Fsp3) is 0.432. The number of para-hydroxylation sites is 1. The lowest BCUT2D eigenvalue weighted by Gasteiger charge is -2.31. The summed E-state index contributed by atoms with van der Waals surface area (Å²) in [7, 11) is 0. The van der Waals surface area contributed by atoms with E-state index in [1.54, 1.807) is 28.7 Å². The van der Waals surface area contributed by atoms with Crippen molar-refractivity contribution in [1.29, 1.82) is 0 Å². The average molecular weight is 834 g/mol. The van der Waals surface area contributed by atoms with E-state index in [4.69, 9.17) is 4.52 Å². The molecule has 6 aromatic rings. The quantitative estimate of drug-likeness (QED) is 0.102. The Kier molecular flexibility index (Phi) is 10.7. The molecule has 3 fully saturated rings. The summed E-state index contributed by atoms with van der Waals surface area (Å²) in [6.45, 7) is 9.41. The van der Waals surface area contributed by atoms with Gasteiger partial charge >= 0.3 is 0 Å². The highest BCUT2D eigenvalue weighted by atomic mass is 32.1. The van der Waals surface area contributed by atoms with E-state index in [1.165, 1.54) is 28.3 Å². The number of rotatable bonds is 12. The van der Waals surface area contributed by atoms with Crippen LogP contribution in [0.5, 0.6) is 5.75 Å². The summed E-state index contributed by atoms with van der Waals surface area (Å²) in [5, 5.41) is 40.5. The lowest BCUT2D eigenvalue weighted by Crippen LogP contribution is -2.49. The second-order valence-electron chi connectivity index (χ2n) is 16.6. The van der Waals surface area contributed by atoms with Gasteiger partial charge in [0, 0.05) is 47.3 Å². The van der Waals surface area contributed by atoms with Crippen molar-refractivity contribution in [2.75, 3.05) is 24.5 Å². The molecule has 3 aliphatic rings. The zero-order chi connectivity index (χ0) is 40.9. The summed E-state index contributed by atoms with van der Waals surface area (Å²) >= 11 is 3.35. The van der Waals surface area contributed by atoms with Gasteiger partial charge in [-0.1, -0.05) is 55.4 Å². The first-order chi connectivity index (χ1) is 28.5. The molecule has 0 bridgehead atoms. The number of hydrogen-bond acceptors (Lipinski definition) is 12. The van der Waals surface area contributed by atoms with E-state index in [-0.39, 0.29) is 36.6 Å². The van der Waals surface area contributed by atoms with Crippen LogP contribution in [-0.2, 0) is 4.79 Å². The summed E-state index contributed by atoms with van der Waals surface area (Å²) in [4.78, 5) is 38.9. The number of anilines is 1. The van der Waals surface area contributed by atoms with Crippen LogP contribution in [0, 0.1) is 17.7 Å². The zero-order valence-corrected chi connectivity index (χ0v) is 35.2. The summed E-state index contributed by atoms with van der Waals surface area (Å²) < 4.78 is 5.92. The second kappa shape index (κ2) is 16.1. The second-order valence-corrected chi connectivity index (χ2v) is 18.5. The number of aryl methyl sites for hydroxylation is 1. The number of thiazole rings is 1. The molecule has 59 heavy (non-hydrogen) atoms. The summed E-state index contributed by atoms with van der Waals surface area (Å²) in [6, 6.07) is 17.4. The van der Waals surface area contributed by atoms with Crippen LogP contribution < -0.4 is 10.2 Å². The molecule has 9 rings (SSSR count). The Balaban J connectivity index is 0.866. The summed E-state index contributed by atoms with van der Waals surface area (Å²) in [5.41, 5.74) is 7.60. The summed E-state index contributed by atoms with van der Waals surface area (Å²) in [6.07, 6.45) is 3.54. The van der Waals surface area contributed by atoms with Crippen LogP contribution in [0.3, 0.4) is 0 Å². The Morgan fingerprint density at radius 3 is 2.46 bits per heavy atom. The molecule has 2 saturated heterocycles. The minimum Gasteiger partial charge on any atom is -0.507 e. The number of phenols is 1. The first kappa shape index (κ1) is 39.2. The predicted octanol–water partition coefficient (Wildman–Crippen LogP) is 8.45. The van der Waals surface area contributed by atoms with E-state index in [1.807, 2.05) is 81.7 Å². The number of fused-ring (bicyclic) bond motifs is 1. The average Bonchev–Trinajstić information content (AvgIpc) is 3.53. The standard InChI is InChI=1S/C44H48N8O5S2/c1-24(2)40(52(56)51-22-31(53)19-35(51)43(55)46-25(3)27-9-13-29(14-10-27)41-26(4)45-23-58-41)37-21-38(49-57-37)50-17-15-30(16-18-50)42-39(28-11-12-28)33-20-34(47-48-44(33)59-42)32-7-5-6-8-36(32)54/h5-10,13-14,20-21,23-25,28,30-31,35,40,53H,11-12,15-19,22H2,1-4H3,(H-,46,47,54,55)/p+1/t25-,31+,35-,40+/m0/s1. The van der Waals surface area contributed by atoms with Gasteiger partial charge in [0.1, 0.15) is 22.0 Å². The SMILES string of the molecule is Cc1ncsc1-c1ccc([C@H](C)NC(=O)[C@@H]2C[C@@H](O)CN2[N+](=O)[C@@H](c2cc(N3CCC(c4sc5nnc(-c6ccccc6O)cc5c4C4CC4)CC3)no2)C(C)C)cc1.